The molecule has 3 rings (SSSR count). The summed E-state index contributed by atoms with van der Waals surface area (Å²) in [7, 11) is 0. The lowest BCUT2D eigenvalue weighted by atomic mass is 10.2. The van der Waals surface area contributed by atoms with E-state index >= 15 is 0 Å². The summed E-state index contributed by atoms with van der Waals surface area (Å²) in [5.74, 6) is 0.557. The van der Waals surface area contributed by atoms with Crippen molar-refractivity contribution in [2.24, 2.45) is 0 Å². The Morgan fingerprint density at radius 3 is 2.72 bits per heavy atom. The number of aryl methyl sites for hydroxylation is 2. The lowest BCUT2D eigenvalue weighted by Crippen LogP contribution is -2.06. The minimum absolute atomic E-state index is 0.0431. The summed E-state index contributed by atoms with van der Waals surface area (Å²) in [6.07, 6.45) is 0. The van der Waals surface area contributed by atoms with Crippen LogP contribution in [-0.4, -0.2) is 31.3 Å². The van der Waals surface area contributed by atoms with Crippen molar-refractivity contribution in [2.45, 2.75) is 25.9 Å². The standard InChI is InChI=1S/C17H18BrN5OS/c1-9-6-12(4-5-14(9)18)23-10(2)7-13(11(23)3)15(24)8-25-17-20-16(19)21-22-17/h4-7H,8H2,1-3H3,(H3,19,20,21,22). The molecular formula is C17H18BrN5OS. The Balaban J connectivity index is 1.85. The maximum Gasteiger partial charge on any atom is 0.216 e. The van der Waals surface area contributed by atoms with Gasteiger partial charge in [0.15, 0.2) is 5.78 Å². The van der Waals surface area contributed by atoms with E-state index in [1.165, 1.54) is 11.8 Å². The van der Waals surface area contributed by atoms with Crippen LogP contribution in [0, 0.1) is 20.8 Å². The fourth-order valence-corrected chi connectivity index (χ4v) is 3.68. The molecule has 130 valence electrons. The number of nitrogens with one attached hydrogen (secondary N) is 1. The first-order valence-electron chi connectivity index (χ1n) is 7.66. The fourth-order valence-electron chi connectivity index (χ4n) is 2.74. The van der Waals surface area contributed by atoms with Gasteiger partial charge in [0.25, 0.3) is 0 Å². The number of aromatic amines is 1. The van der Waals surface area contributed by atoms with Gasteiger partial charge in [0.05, 0.1) is 5.75 Å². The molecule has 0 saturated carbocycles. The molecule has 0 amide bonds. The van der Waals surface area contributed by atoms with E-state index in [0.717, 1.165) is 27.1 Å². The van der Waals surface area contributed by atoms with Gasteiger partial charge in [0.1, 0.15) is 0 Å². The zero-order chi connectivity index (χ0) is 18.1. The van der Waals surface area contributed by atoms with Gasteiger partial charge < -0.3 is 10.3 Å². The second-order valence-electron chi connectivity index (χ2n) is 5.77. The minimum atomic E-state index is 0.0431. The molecule has 0 atom stereocenters. The van der Waals surface area contributed by atoms with Crippen LogP contribution in [0.1, 0.15) is 27.3 Å². The van der Waals surface area contributed by atoms with Crippen molar-refractivity contribution >= 4 is 39.4 Å². The molecule has 0 saturated heterocycles. The zero-order valence-corrected chi connectivity index (χ0v) is 16.5. The number of carbonyl (C=O) groups excluding carboxylic acids is 1. The summed E-state index contributed by atoms with van der Waals surface area (Å²) >= 11 is 4.79. The summed E-state index contributed by atoms with van der Waals surface area (Å²) in [6, 6.07) is 8.09. The van der Waals surface area contributed by atoms with Crippen LogP contribution in [0.5, 0.6) is 0 Å². The van der Waals surface area contributed by atoms with Gasteiger partial charge in [-0.1, -0.05) is 27.7 Å². The van der Waals surface area contributed by atoms with Crippen LogP contribution < -0.4 is 5.73 Å². The first-order chi connectivity index (χ1) is 11.9. The van der Waals surface area contributed by atoms with E-state index in [1.807, 2.05) is 39.0 Å². The van der Waals surface area contributed by atoms with Gasteiger partial charge in [-0.15, -0.1) is 5.10 Å². The number of Topliss-reactive ketones (excluding diaryl/α,β-unsaturated/α-hetero) is 1. The highest BCUT2D eigenvalue weighted by atomic mass is 79.9. The molecule has 25 heavy (non-hydrogen) atoms. The average molecular weight is 420 g/mol. The van der Waals surface area contributed by atoms with Crippen LogP contribution in [0.25, 0.3) is 5.69 Å². The number of nitrogens with two attached hydrogens (primary N) is 1. The van der Waals surface area contributed by atoms with E-state index in [2.05, 4.69) is 41.7 Å². The first-order valence-corrected chi connectivity index (χ1v) is 9.44. The lowest BCUT2D eigenvalue weighted by Gasteiger charge is -2.11. The Morgan fingerprint density at radius 2 is 2.08 bits per heavy atom. The Labute approximate surface area is 158 Å². The van der Waals surface area contributed by atoms with Gasteiger partial charge in [-0.2, -0.15) is 4.98 Å². The largest absolute Gasteiger partial charge is 0.368 e. The van der Waals surface area contributed by atoms with Crippen molar-refractivity contribution in [3.8, 4) is 5.69 Å². The predicted octanol–water partition coefficient (Wildman–Crippen LogP) is 3.84. The first kappa shape index (κ1) is 17.8. The van der Waals surface area contributed by atoms with Crippen molar-refractivity contribution in [3.63, 3.8) is 0 Å². The Hall–Kier alpha value is -2.06. The van der Waals surface area contributed by atoms with E-state index in [-0.39, 0.29) is 17.5 Å². The zero-order valence-electron chi connectivity index (χ0n) is 14.1. The fraction of sp³-hybridized carbons (Fsp3) is 0.235. The number of H-pyrrole nitrogens is 1. The molecule has 2 aromatic heterocycles. The number of carbonyl (C=O) groups is 1. The molecular weight excluding hydrogens is 402 g/mol. The quantitative estimate of drug-likeness (QED) is 0.484. The predicted molar refractivity (Wildman–Crippen MR) is 104 cm³/mol. The number of hydrogen-bond donors (Lipinski definition) is 2. The molecule has 1 aromatic carbocycles. The van der Waals surface area contributed by atoms with Crippen LogP contribution in [0.4, 0.5) is 5.95 Å². The minimum Gasteiger partial charge on any atom is -0.368 e. The second kappa shape index (κ2) is 7.05. The van der Waals surface area contributed by atoms with Crippen molar-refractivity contribution in [1.82, 2.24) is 19.7 Å². The molecule has 0 radical (unpaired) electrons. The highest BCUT2D eigenvalue weighted by molar-refractivity contribution is 9.10. The molecule has 2 heterocycles. The van der Waals surface area contributed by atoms with Crippen molar-refractivity contribution in [1.29, 1.82) is 0 Å². The van der Waals surface area contributed by atoms with Crippen LogP contribution >= 0.6 is 27.7 Å². The van der Waals surface area contributed by atoms with E-state index in [9.17, 15) is 4.79 Å². The van der Waals surface area contributed by atoms with Crippen molar-refractivity contribution < 1.29 is 4.79 Å². The number of benzene rings is 1. The third-order valence-corrected chi connectivity index (χ3v) is 5.68. The van der Waals surface area contributed by atoms with Gasteiger partial charge >= 0.3 is 0 Å². The molecule has 0 aliphatic heterocycles. The molecule has 6 nitrogen and oxygen atoms in total. The smallest absolute Gasteiger partial charge is 0.216 e. The summed E-state index contributed by atoms with van der Waals surface area (Å²) in [5.41, 5.74) is 10.4. The molecule has 0 spiro atoms. The molecule has 0 aliphatic carbocycles. The van der Waals surface area contributed by atoms with E-state index in [4.69, 9.17) is 5.73 Å². The van der Waals surface area contributed by atoms with Crippen molar-refractivity contribution in [3.05, 3.63) is 51.3 Å². The highest BCUT2D eigenvalue weighted by Crippen LogP contribution is 2.26. The Kier molecular flexibility index (Phi) is 5.01. The number of aromatic nitrogens is 4. The van der Waals surface area contributed by atoms with Crippen LogP contribution in [0.15, 0.2) is 33.9 Å². The topological polar surface area (TPSA) is 89.6 Å². The maximum atomic E-state index is 12.6. The Morgan fingerprint density at radius 1 is 1.32 bits per heavy atom. The van der Waals surface area contributed by atoms with Gasteiger partial charge in [-0.3, -0.25) is 4.79 Å². The Bertz CT molecular complexity index is 947. The van der Waals surface area contributed by atoms with Crippen LogP contribution in [0.2, 0.25) is 0 Å². The number of nitrogens with zero attached hydrogens (tertiary/aromatic N) is 3. The molecule has 0 bridgehead atoms. The lowest BCUT2D eigenvalue weighted by molar-refractivity contribution is 0.102. The number of rotatable bonds is 5. The number of halogens is 1. The van der Waals surface area contributed by atoms with Gasteiger partial charge in [0.2, 0.25) is 11.1 Å². The van der Waals surface area contributed by atoms with E-state index in [0.29, 0.717) is 10.7 Å². The molecule has 3 N–H and O–H groups in total. The van der Waals surface area contributed by atoms with Gasteiger partial charge in [-0.05, 0) is 50.6 Å². The molecule has 3 aromatic rings. The third-order valence-electron chi connectivity index (χ3n) is 3.95. The number of anilines is 1. The summed E-state index contributed by atoms with van der Waals surface area (Å²) < 4.78 is 3.17. The van der Waals surface area contributed by atoms with Crippen molar-refractivity contribution in [2.75, 3.05) is 11.5 Å². The second-order valence-corrected chi connectivity index (χ2v) is 7.57. The summed E-state index contributed by atoms with van der Waals surface area (Å²) in [5, 5.41) is 6.97. The molecule has 8 heteroatoms. The van der Waals surface area contributed by atoms with Crippen LogP contribution in [0.3, 0.4) is 0 Å². The van der Waals surface area contributed by atoms with Gasteiger partial charge in [-0.25, -0.2) is 5.10 Å². The monoisotopic (exact) mass is 419 g/mol. The maximum absolute atomic E-state index is 12.6. The van der Waals surface area contributed by atoms with Crippen LogP contribution in [-0.2, 0) is 0 Å². The van der Waals surface area contributed by atoms with E-state index in [1.54, 1.807) is 0 Å². The average Bonchev–Trinajstić information content (AvgIpc) is 3.11. The molecule has 0 fully saturated rings. The van der Waals surface area contributed by atoms with Gasteiger partial charge in [0, 0.05) is 27.1 Å². The third kappa shape index (κ3) is 3.64. The number of hydrogen-bond acceptors (Lipinski definition) is 5. The molecule has 0 unspecified atom stereocenters. The number of ketones is 1. The normalized spacial score (nSPS) is 11.0. The number of nitrogen functional groups attached to an aromatic ring is 1. The summed E-state index contributed by atoms with van der Waals surface area (Å²) in [4.78, 5) is 16.6. The molecule has 0 aliphatic rings. The number of thioether (sulfide) groups is 1. The summed E-state index contributed by atoms with van der Waals surface area (Å²) in [6.45, 7) is 6.02. The van der Waals surface area contributed by atoms with E-state index < -0.39 is 0 Å². The highest BCUT2D eigenvalue weighted by Gasteiger charge is 2.18. The SMILES string of the molecule is Cc1cc(-n2c(C)cc(C(=O)CSc3n[nH]c(N)n3)c2C)ccc1Br.